The molecule has 0 radical (unpaired) electrons. The number of benzene rings is 1. The first-order valence-corrected chi connectivity index (χ1v) is 9.16. The Bertz CT molecular complexity index is 777. The van der Waals surface area contributed by atoms with Gasteiger partial charge in [-0.1, -0.05) is 18.2 Å². The highest BCUT2D eigenvalue weighted by Crippen LogP contribution is 2.35. The maximum Gasteiger partial charge on any atom is 0.303 e. The smallest absolute Gasteiger partial charge is 0.303 e. The maximum atomic E-state index is 11.9. The van der Waals surface area contributed by atoms with Crippen LogP contribution in [0.4, 0.5) is 0 Å². The van der Waals surface area contributed by atoms with Crippen LogP contribution in [0.3, 0.4) is 0 Å². The molecule has 1 saturated heterocycles. The number of hydrogen-bond acceptors (Lipinski definition) is 10. The third kappa shape index (κ3) is 6.18. The molecule has 0 spiro atoms. The van der Waals surface area contributed by atoms with Crippen LogP contribution in [0, 0.1) is 0 Å². The predicted octanol–water partition coefficient (Wildman–Crippen LogP) is 1.15. The second-order valence-corrected chi connectivity index (χ2v) is 6.57. The third-order valence-electron chi connectivity index (χ3n) is 4.01. The van der Waals surface area contributed by atoms with Gasteiger partial charge in [-0.15, -0.1) is 0 Å². The maximum absolute atomic E-state index is 11.9. The van der Waals surface area contributed by atoms with Crippen molar-refractivity contribution in [2.24, 2.45) is 0 Å². The van der Waals surface area contributed by atoms with Crippen molar-refractivity contribution in [2.75, 3.05) is 13.2 Å². The zero-order chi connectivity index (χ0) is 22.3. The lowest BCUT2D eigenvalue weighted by molar-refractivity contribution is -0.324. The zero-order valence-electron chi connectivity index (χ0n) is 17.1. The van der Waals surface area contributed by atoms with Crippen molar-refractivity contribution in [3.63, 3.8) is 0 Å². The summed E-state index contributed by atoms with van der Waals surface area (Å²) in [5.74, 6) is -4.30. The van der Waals surface area contributed by atoms with Gasteiger partial charge in [0.05, 0.1) is 6.61 Å². The SMILES string of the molecule is CC(=O)OCC1(Oc2ccccc2)OCC(OC(C)=O)C(OC(C)=O)C1OC(C)=O. The number of ether oxygens (including phenoxy) is 6. The Morgan fingerprint density at radius 1 is 0.900 bits per heavy atom. The fraction of sp³-hybridized carbons (Fsp3) is 0.500. The molecular formula is C20H24O10. The van der Waals surface area contributed by atoms with Crippen LogP contribution >= 0.6 is 0 Å². The van der Waals surface area contributed by atoms with Gasteiger partial charge in [0.1, 0.15) is 5.75 Å². The van der Waals surface area contributed by atoms with E-state index in [1.54, 1.807) is 30.3 Å². The highest BCUT2D eigenvalue weighted by Gasteiger charge is 2.59. The minimum atomic E-state index is -1.87. The van der Waals surface area contributed by atoms with Crippen LogP contribution in [-0.2, 0) is 42.9 Å². The number of rotatable bonds is 7. The van der Waals surface area contributed by atoms with Gasteiger partial charge in [-0.05, 0) is 12.1 Å². The quantitative estimate of drug-likeness (QED) is 0.465. The Kier molecular flexibility index (Phi) is 7.76. The van der Waals surface area contributed by atoms with Gasteiger partial charge in [-0.3, -0.25) is 19.2 Å². The van der Waals surface area contributed by atoms with Gasteiger partial charge in [0.2, 0.25) is 6.10 Å². The highest BCUT2D eigenvalue weighted by molar-refractivity contribution is 5.68. The molecule has 0 aromatic heterocycles. The topological polar surface area (TPSA) is 124 Å². The molecule has 1 aromatic rings. The molecule has 0 N–H and O–H groups in total. The van der Waals surface area contributed by atoms with E-state index in [0.717, 1.165) is 13.8 Å². The summed E-state index contributed by atoms with van der Waals surface area (Å²) in [4.78, 5) is 46.6. The fourth-order valence-electron chi connectivity index (χ4n) is 2.96. The number of hydrogen-bond donors (Lipinski definition) is 0. The Labute approximate surface area is 173 Å². The van der Waals surface area contributed by atoms with Crippen LogP contribution in [0.1, 0.15) is 27.7 Å². The molecular weight excluding hydrogens is 400 g/mol. The molecule has 4 unspecified atom stereocenters. The van der Waals surface area contributed by atoms with Gasteiger partial charge in [0.15, 0.2) is 18.8 Å². The van der Waals surface area contributed by atoms with Crippen molar-refractivity contribution in [3.8, 4) is 5.75 Å². The zero-order valence-corrected chi connectivity index (χ0v) is 17.1. The van der Waals surface area contributed by atoms with E-state index >= 15 is 0 Å². The van der Waals surface area contributed by atoms with Crippen molar-refractivity contribution in [1.82, 2.24) is 0 Å². The summed E-state index contributed by atoms with van der Waals surface area (Å²) in [6.07, 6.45) is -3.78. The molecule has 1 fully saturated rings. The van der Waals surface area contributed by atoms with E-state index in [4.69, 9.17) is 28.4 Å². The lowest BCUT2D eigenvalue weighted by atomic mass is 9.96. The van der Waals surface area contributed by atoms with Gasteiger partial charge < -0.3 is 28.4 Å². The van der Waals surface area contributed by atoms with Gasteiger partial charge >= 0.3 is 23.9 Å². The average Bonchev–Trinajstić information content (AvgIpc) is 2.65. The Hall–Kier alpha value is -3.14. The molecule has 4 atom stereocenters. The Morgan fingerprint density at radius 3 is 2.03 bits per heavy atom. The summed E-state index contributed by atoms with van der Waals surface area (Å²) in [5.41, 5.74) is 0. The molecule has 164 valence electrons. The van der Waals surface area contributed by atoms with Gasteiger partial charge in [0, 0.05) is 27.7 Å². The first-order chi connectivity index (χ1) is 14.1. The van der Waals surface area contributed by atoms with E-state index in [2.05, 4.69) is 0 Å². The molecule has 0 bridgehead atoms. The standard InChI is InChI=1S/C20H24O10/c1-12(21)25-11-20(30-16-8-6-5-7-9-16)19(29-15(4)24)18(28-14(3)23)17(10-26-20)27-13(2)22/h5-9,17-19H,10-11H2,1-4H3. The highest BCUT2D eigenvalue weighted by atomic mass is 16.8. The number of carbonyl (C=O) groups excluding carboxylic acids is 4. The summed E-state index contributed by atoms with van der Waals surface area (Å²) < 4.78 is 32.8. The van der Waals surface area contributed by atoms with Crippen molar-refractivity contribution in [3.05, 3.63) is 30.3 Å². The molecule has 1 heterocycles. The Morgan fingerprint density at radius 2 is 1.50 bits per heavy atom. The van der Waals surface area contributed by atoms with E-state index in [-0.39, 0.29) is 6.61 Å². The molecule has 1 aliphatic rings. The molecule has 30 heavy (non-hydrogen) atoms. The Balaban J connectivity index is 2.51. The van der Waals surface area contributed by atoms with Gasteiger partial charge in [-0.25, -0.2) is 0 Å². The summed E-state index contributed by atoms with van der Waals surface area (Å²) in [6.45, 7) is 3.89. The second kappa shape index (κ2) is 10.1. The summed E-state index contributed by atoms with van der Waals surface area (Å²) in [6, 6.07) is 8.38. The minimum Gasteiger partial charge on any atom is -0.459 e. The molecule has 0 saturated carbocycles. The molecule has 10 heteroatoms. The van der Waals surface area contributed by atoms with Crippen molar-refractivity contribution >= 4 is 23.9 Å². The first kappa shape index (κ1) is 23.1. The van der Waals surface area contributed by atoms with Crippen LogP contribution in [0.15, 0.2) is 30.3 Å². The van der Waals surface area contributed by atoms with Crippen LogP contribution in [0.25, 0.3) is 0 Å². The van der Waals surface area contributed by atoms with Crippen LogP contribution in [0.5, 0.6) is 5.75 Å². The normalized spacial score (nSPS) is 25.5. The molecule has 0 aliphatic carbocycles. The van der Waals surface area contributed by atoms with Crippen LogP contribution in [0.2, 0.25) is 0 Å². The van der Waals surface area contributed by atoms with Crippen molar-refractivity contribution in [1.29, 1.82) is 0 Å². The van der Waals surface area contributed by atoms with E-state index in [0.29, 0.717) is 5.75 Å². The summed E-state index contributed by atoms with van der Waals surface area (Å²) >= 11 is 0. The van der Waals surface area contributed by atoms with E-state index in [9.17, 15) is 19.2 Å². The summed E-state index contributed by atoms with van der Waals surface area (Å²) in [7, 11) is 0. The lowest BCUT2D eigenvalue weighted by Gasteiger charge is -2.47. The molecule has 0 amide bonds. The molecule has 10 nitrogen and oxygen atoms in total. The fourth-order valence-corrected chi connectivity index (χ4v) is 2.96. The van der Waals surface area contributed by atoms with Crippen LogP contribution in [-0.4, -0.2) is 61.2 Å². The first-order valence-electron chi connectivity index (χ1n) is 9.16. The number of esters is 4. The minimum absolute atomic E-state index is 0.274. The molecule has 1 aromatic carbocycles. The van der Waals surface area contributed by atoms with E-state index in [1.807, 2.05) is 0 Å². The van der Waals surface area contributed by atoms with Crippen molar-refractivity contribution < 1.29 is 47.6 Å². The predicted molar refractivity (Wildman–Crippen MR) is 99.0 cm³/mol. The lowest BCUT2D eigenvalue weighted by Crippen LogP contribution is -2.68. The van der Waals surface area contributed by atoms with Gasteiger partial charge in [0.25, 0.3) is 5.79 Å². The largest absolute Gasteiger partial charge is 0.459 e. The van der Waals surface area contributed by atoms with Crippen LogP contribution < -0.4 is 4.74 Å². The van der Waals surface area contributed by atoms with Crippen molar-refractivity contribution in [2.45, 2.75) is 51.8 Å². The molecule has 1 aliphatic heterocycles. The van der Waals surface area contributed by atoms with E-state index in [1.165, 1.54) is 13.8 Å². The van der Waals surface area contributed by atoms with Gasteiger partial charge in [-0.2, -0.15) is 0 Å². The average molecular weight is 424 g/mol. The third-order valence-corrected chi connectivity index (χ3v) is 4.01. The second-order valence-electron chi connectivity index (χ2n) is 6.57. The van der Waals surface area contributed by atoms with E-state index < -0.39 is 54.6 Å². The molecule has 2 rings (SSSR count). The summed E-state index contributed by atoms with van der Waals surface area (Å²) in [5, 5.41) is 0. The monoisotopic (exact) mass is 424 g/mol. The number of carbonyl (C=O) groups is 4. The number of para-hydroxylation sites is 1.